The highest BCUT2D eigenvalue weighted by molar-refractivity contribution is 9.10. The molecule has 0 aliphatic carbocycles. The van der Waals surface area contributed by atoms with Crippen LogP contribution in [-0.4, -0.2) is 56.7 Å². The molecule has 2 N–H and O–H groups in total. The van der Waals surface area contributed by atoms with Crippen LogP contribution in [0.1, 0.15) is 18.4 Å². The van der Waals surface area contributed by atoms with E-state index in [1.54, 1.807) is 22.5 Å². The van der Waals surface area contributed by atoms with Crippen molar-refractivity contribution >= 4 is 26.0 Å². The quantitative estimate of drug-likeness (QED) is 0.325. The highest BCUT2D eigenvalue weighted by Crippen LogP contribution is 2.25. The zero-order valence-corrected chi connectivity index (χ0v) is 23.0. The van der Waals surface area contributed by atoms with Gasteiger partial charge in [0.15, 0.2) is 0 Å². The topological polar surface area (TPSA) is 88.1 Å². The molecule has 37 heavy (non-hydrogen) atoms. The van der Waals surface area contributed by atoms with Gasteiger partial charge in [0, 0.05) is 24.1 Å². The number of halogens is 1. The fraction of sp³-hybridized carbons (Fsp3) is 0.357. The molecule has 198 valence electrons. The van der Waals surface area contributed by atoms with E-state index in [0.29, 0.717) is 42.8 Å². The second-order valence-electron chi connectivity index (χ2n) is 9.17. The lowest BCUT2D eigenvalue weighted by atomic mass is 9.98. The maximum atomic E-state index is 12.9. The van der Waals surface area contributed by atoms with Gasteiger partial charge in [-0.1, -0.05) is 52.3 Å². The van der Waals surface area contributed by atoms with Gasteiger partial charge in [-0.3, -0.25) is 0 Å². The molecule has 0 radical (unpaired) electrons. The number of aliphatic hydroxyl groups excluding tert-OH is 1. The summed E-state index contributed by atoms with van der Waals surface area (Å²) in [6.07, 6.45) is 0.919. The van der Waals surface area contributed by atoms with Gasteiger partial charge in [-0.15, -0.1) is 0 Å². The number of nitrogens with one attached hydrogen (secondary N) is 1. The molecule has 1 aliphatic rings. The van der Waals surface area contributed by atoms with Gasteiger partial charge >= 0.3 is 0 Å². The molecule has 0 saturated carbocycles. The highest BCUT2D eigenvalue weighted by atomic mass is 79.9. The van der Waals surface area contributed by atoms with Crippen LogP contribution in [0, 0.1) is 5.92 Å². The molecule has 1 aliphatic heterocycles. The number of hydrogen-bond acceptors (Lipinski definition) is 6. The Morgan fingerprint density at radius 3 is 2.30 bits per heavy atom. The number of ether oxygens (including phenoxy) is 2. The minimum atomic E-state index is -3.48. The van der Waals surface area contributed by atoms with Crippen LogP contribution >= 0.6 is 15.9 Å². The van der Waals surface area contributed by atoms with Crippen molar-refractivity contribution in [2.75, 3.05) is 32.8 Å². The van der Waals surface area contributed by atoms with Gasteiger partial charge in [-0.25, -0.2) is 8.42 Å². The Hall–Kier alpha value is -2.43. The number of rotatable bonds is 12. The monoisotopic (exact) mass is 588 g/mol. The van der Waals surface area contributed by atoms with Crippen molar-refractivity contribution in [1.82, 2.24) is 9.62 Å². The van der Waals surface area contributed by atoms with Gasteiger partial charge in [0.2, 0.25) is 10.0 Å². The summed E-state index contributed by atoms with van der Waals surface area (Å²) in [4.78, 5) is 0.316. The Morgan fingerprint density at radius 2 is 1.62 bits per heavy atom. The maximum absolute atomic E-state index is 12.9. The summed E-state index contributed by atoms with van der Waals surface area (Å²) in [6.45, 7) is 2.83. The average Bonchev–Trinajstić information content (AvgIpc) is 2.92. The van der Waals surface area contributed by atoms with Gasteiger partial charge in [0.05, 0.1) is 4.90 Å². The molecule has 0 unspecified atom stereocenters. The fourth-order valence-corrected chi connectivity index (χ4v) is 6.28. The lowest BCUT2D eigenvalue weighted by Gasteiger charge is -2.31. The van der Waals surface area contributed by atoms with E-state index in [1.165, 1.54) is 0 Å². The molecule has 1 fully saturated rings. The van der Waals surface area contributed by atoms with Crippen molar-refractivity contribution in [3.8, 4) is 11.5 Å². The van der Waals surface area contributed by atoms with Crippen LogP contribution < -0.4 is 14.8 Å². The van der Waals surface area contributed by atoms with Crippen LogP contribution in [0.4, 0.5) is 0 Å². The van der Waals surface area contributed by atoms with E-state index in [-0.39, 0.29) is 6.61 Å². The number of sulfonamides is 1. The SMILES string of the molecule is O=S(=O)(c1cccc(Br)c1)N1CCC(CNC[C@H](O)COc2ccc(OCc3ccccc3)cc2)CC1. The molecule has 3 aromatic rings. The van der Waals surface area contributed by atoms with Gasteiger partial charge in [0.1, 0.15) is 30.8 Å². The average molecular weight is 590 g/mol. The third-order valence-electron chi connectivity index (χ3n) is 6.33. The summed E-state index contributed by atoms with van der Waals surface area (Å²) in [6, 6.07) is 24.2. The molecule has 1 atom stereocenters. The molecular formula is C28H33BrN2O5S. The predicted molar refractivity (Wildman–Crippen MR) is 147 cm³/mol. The second-order valence-corrected chi connectivity index (χ2v) is 12.0. The molecule has 1 saturated heterocycles. The summed E-state index contributed by atoms with van der Waals surface area (Å²) >= 11 is 3.34. The van der Waals surface area contributed by atoms with Crippen molar-refractivity contribution in [3.63, 3.8) is 0 Å². The van der Waals surface area contributed by atoms with Gasteiger partial charge in [-0.2, -0.15) is 4.31 Å². The summed E-state index contributed by atoms with van der Waals surface area (Å²) in [7, 11) is -3.48. The number of benzene rings is 3. The van der Waals surface area contributed by atoms with Gasteiger partial charge in [0.25, 0.3) is 0 Å². The first-order valence-corrected chi connectivity index (χ1v) is 14.7. The van der Waals surface area contributed by atoms with Crippen LogP contribution in [0.3, 0.4) is 0 Å². The molecule has 0 amide bonds. The van der Waals surface area contributed by atoms with Crippen LogP contribution in [0.15, 0.2) is 88.2 Å². The van der Waals surface area contributed by atoms with Gasteiger partial charge in [-0.05, 0) is 73.3 Å². The Labute approximate surface area is 227 Å². The summed E-state index contributed by atoms with van der Waals surface area (Å²) in [5.74, 6) is 1.80. The summed E-state index contributed by atoms with van der Waals surface area (Å²) < 4.78 is 39.6. The van der Waals surface area contributed by atoms with E-state index < -0.39 is 16.1 Å². The van der Waals surface area contributed by atoms with E-state index in [2.05, 4.69) is 21.2 Å². The van der Waals surface area contributed by atoms with E-state index >= 15 is 0 Å². The number of nitrogens with zero attached hydrogens (tertiary/aromatic N) is 1. The first-order chi connectivity index (χ1) is 17.9. The molecule has 0 aromatic heterocycles. The number of aliphatic hydroxyl groups is 1. The third kappa shape index (κ3) is 8.28. The maximum Gasteiger partial charge on any atom is 0.243 e. The van der Waals surface area contributed by atoms with Crippen molar-refractivity contribution in [3.05, 3.63) is 88.9 Å². The molecule has 7 nitrogen and oxygen atoms in total. The van der Waals surface area contributed by atoms with Crippen molar-refractivity contribution in [1.29, 1.82) is 0 Å². The second kappa shape index (κ2) is 13.4. The Morgan fingerprint density at radius 1 is 0.946 bits per heavy atom. The largest absolute Gasteiger partial charge is 0.491 e. The van der Waals surface area contributed by atoms with Crippen LogP contribution in [0.25, 0.3) is 0 Å². The highest BCUT2D eigenvalue weighted by Gasteiger charge is 2.29. The van der Waals surface area contributed by atoms with E-state index in [0.717, 1.165) is 35.2 Å². The lowest BCUT2D eigenvalue weighted by Crippen LogP contribution is -2.42. The van der Waals surface area contributed by atoms with Crippen LogP contribution in [0.5, 0.6) is 11.5 Å². The molecule has 1 heterocycles. The summed E-state index contributed by atoms with van der Waals surface area (Å²) in [5.41, 5.74) is 1.11. The van der Waals surface area contributed by atoms with Crippen LogP contribution in [-0.2, 0) is 16.6 Å². The van der Waals surface area contributed by atoms with Crippen molar-refractivity contribution in [2.45, 2.75) is 30.4 Å². The predicted octanol–water partition coefficient (Wildman–Crippen LogP) is 4.46. The van der Waals surface area contributed by atoms with Crippen LogP contribution in [0.2, 0.25) is 0 Å². The number of piperidine rings is 1. The molecular weight excluding hydrogens is 556 g/mol. The first kappa shape index (κ1) is 27.6. The van der Waals surface area contributed by atoms with Crippen molar-refractivity contribution in [2.24, 2.45) is 5.92 Å². The first-order valence-electron chi connectivity index (χ1n) is 12.4. The Kier molecular flexibility index (Phi) is 9.99. The normalized spacial score (nSPS) is 15.8. The third-order valence-corrected chi connectivity index (χ3v) is 8.72. The lowest BCUT2D eigenvalue weighted by molar-refractivity contribution is 0.104. The zero-order chi connectivity index (χ0) is 26.1. The number of hydrogen-bond donors (Lipinski definition) is 2. The summed E-state index contributed by atoms with van der Waals surface area (Å²) in [5, 5.41) is 13.6. The molecule has 0 spiro atoms. The van der Waals surface area contributed by atoms with E-state index in [9.17, 15) is 13.5 Å². The standard InChI is InChI=1S/C28H33BrN2O5S/c29-24-7-4-8-28(17-24)37(33,34)31-15-13-22(14-16-31)18-30-19-25(32)21-36-27-11-9-26(10-12-27)35-20-23-5-2-1-3-6-23/h1-12,17,22,25,30,32H,13-16,18-21H2/t25-/m0/s1. The molecule has 9 heteroatoms. The minimum absolute atomic E-state index is 0.181. The molecule has 0 bridgehead atoms. The van der Waals surface area contributed by atoms with E-state index in [4.69, 9.17) is 9.47 Å². The van der Waals surface area contributed by atoms with E-state index in [1.807, 2.05) is 60.7 Å². The minimum Gasteiger partial charge on any atom is -0.491 e. The van der Waals surface area contributed by atoms with Crippen molar-refractivity contribution < 1.29 is 23.0 Å². The fourth-order valence-electron chi connectivity index (χ4n) is 4.21. The Balaban J connectivity index is 1.11. The molecule has 3 aromatic carbocycles. The van der Waals surface area contributed by atoms with Gasteiger partial charge < -0.3 is 19.9 Å². The molecule has 4 rings (SSSR count). The Bertz CT molecular complexity index is 1220. The smallest absolute Gasteiger partial charge is 0.243 e. The zero-order valence-electron chi connectivity index (χ0n) is 20.6.